The van der Waals surface area contributed by atoms with Gasteiger partial charge in [-0.05, 0) is 61.8 Å². The van der Waals surface area contributed by atoms with Crippen LogP contribution in [0.15, 0.2) is 18.2 Å². The highest BCUT2D eigenvalue weighted by Gasteiger charge is 2.34. The second-order valence-corrected chi connectivity index (χ2v) is 10.7. The number of fused-ring (bicyclic) bond motifs is 2. The lowest BCUT2D eigenvalue weighted by atomic mass is 9.75. The van der Waals surface area contributed by atoms with Crippen LogP contribution in [0.1, 0.15) is 56.3 Å². The van der Waals surface area contributed by atoms with Crippen LogP contribution in [0.5, 0.6) is 0 Å². The number of rotatable bonds is 4. The van der Waals surface area contributed by atoms with Gasteiger partial charge >= 0.3 is 0 Å². The lowest BCUT2D eigenvalue weighted by molar-refractivity contribution is 0.0459. The maximum atomic E-state index is 12.1. The van der Waals surface area contributed by atoms with Crippen molar-refractivity contribution in [3.8, 4) is 0 Å². The number of hydrogen-bond donors (Lipinski definition) is 1. The van der Waals surface area contributed by atoms with Gasteiger partial charge in [-0.3, -0.25) is 4.31 Å². The Balaban J connectivity index is 1.44. The van der Waals surface area contributed by atoms with Crippen LogP contribution >= 0.6 is 0 Å². The standard InChI is InChI=1S/C21H32N2O3S/c1-15-11-19-12-17(7-8-20(19)23(15)27(2,25)26)21(24)14-22-10-9-16-5-3-4-6-18(16)13-22/h7-8,12,15-16,18,21,24H,3-6,9-11,13-14H2,1-2H3/t15-,16+,18+,21-/m1/s1. The predicted molar refractivity (Wildman–Crippen MR) is 108 cm³/mol. The molecule has 2 fully saturated rings. The molecular weight excluding hydrogens is 360 g/mol. The Hall–Kier alpha value is -1.11. The van der Waals surface area contributed by atoms with Gasteiger partial charge in [0.05, 0.1) is 18.0 Å². The fourth-order valence-electron chi connectivity index (χ4n) is 5.53. The second kappa shape index (κ2) is 7.37. The molecular formula is C21H32N2O3S. The minimum absolute atomic E-state index is 0.0623. The molecule has 0 aromatic heterocycles. The minimum Gasteiger partial charge on any atom is -0.387 e. The maximum absolute atomic E-state index is 12.1. The summed E-state index contributed by atoms with van der Waals surface area (Å²) in [7, 11) is -3.27. The van der Waals surface area contributed by atoms with Crippen LogP contribution in [0.3, 0.4) is 0 Å². The van der Waals surface area contributed by atoms with E-state index in [0.717, 1.165) is 41.7 Å². The highest BCUT2D eigenvalue weighted by molar-refractivity contribution is 7.92. The van der Waals surface area contributed by atoms with Gasteiger partial charge in [0.1, 0.15) is 0 Å². The number of aliphatic hydroxyl groups is 1. The summed E-state index contributed by atoms with van der Waals surface area (Å²) >= 11 is 0. The molecule has 4 rings (SSSR count). The molecule has 1 aliphatic carbocycles. The number of nitrogens with zero attached hydrogens (tertiary/aromatic N) is 2. The first-order chi connectivity index (χ1) is 12.8. The highest BCUT2D eigenvalue weighted by Crippen LogP contribution is 2.38. The molecule has 0 amide bonds. The van der Waals surface area contributed by atoms with Crippen molar-refractivity contribution < 1.29 is 13.5 Å². The number of hydrogen-bond acceptors (Lipinski definition) is 4. The van der Waals surface area contributed by atoms with E-state index in [-0.39, 0.29) is 6.04 Å². The highest BCUT2D eigenvalue weighted by atomic mass is 32.2. The van der Waals surface area contributed by atoms with Crippen molar-refractivity contribution in [2.24, 2.45) is 11.8 Å². The molecule has 5 nitrogen and oxygen atoms in total. The molecule has 0 spiro atoms. The topological polar surface area (TPSA) is 60.9 Å². The normalized spacial score (nSPS) is 30.0. The van der Waals surface area contributed by atoms with E-state index in [0.29, 0.717) is 13.0 Å². The van der Waals surface area contributed by atoms with E-state index >= 15 is 0 Å². The van der Waals surface area contributed by atoms with Crippen molar-refractivity contribution in [2.75, 3.05) is 30.2 Å². The van der Waals surface area contributed by atoms with Crippen molar-refractivity contribution in [1.82, 2.24) is 4.90 Å². The Bertz CT molecular complexity index is 795. The van der Waals surface area contributed by atoms with Crippen LogP contribution in [0, 0.1) is 11.8 Å². The minimum atomic E-state index is -3.27. The van der Waals surface area contributed by atoms with Gasteiger partial charge in [0.15, 0.2) is 0 Å². The Kier molecular flexibility index (Phi) is 5.25. The summed E-state index contributed by atoms with van der Waals surface area (Å²) in [6.07, 6.45) is 8.20. The van der Waals surface area contributed by atoms with E-state index in [4.69, 9.17) is 0 Å². The lowest BCUT2D eigenvalue weighted by Gasteiger charge is -2.41. The van der Waals surface area contributed by atoms with Crippen LogP contribution in [-0.2, 0) is 16.4 Å². The SMILES string of the molecule is C[C@@H]1Cc2cc([C@H](O)CN3CC[C@@H]4CCCC[C@H]4C3)ccc2N1S(C)(=O)=O. The van der Waals surface area contributed by atoms with Gasteiger partial charge < -0.3 is 10.0 Å². The number of likely N-dealkylation sites (tertiary alicyclic amines) is 1. The van der Waals surface area contributed by atoms with E-state index in [1.54, 1.807) is 0 Å². The average molecular weight is 393 g/mol. The van der Waals surface area contributed by atoms with Crippen LogP contribution in [-0.4, -0.2) is 50.4 Å². The number of benzene rings is 1. The summed E-state index contributed by atoms with van der Waals surface area (Å²) in [5.41, 5.74) is 2.70. The molecule has 4 atom stereocenters. The van der Waals surface area contributed by atoms with Gasteiger partial charge in [-0.1, -0.05) is 31.4 Å². The zero-order chi connectivity index (χ0) is 19.2. The number of piperidine rings is 1. The molecule has 6 heteroatoms. The van der Waals surface area contributed by atoms with Crippen molar-refractivity contribution in [2.45, 2.75) is 57.6 Å². The fraction of sp³-hybridized carbons (Fsp3) is 0.714. The van der Waals surface area contributed by atoms with Gasteiger partial charge in [-0.25, -0.2) is 8.42 Å². The molecule has 0 unspecified atom stereocenters. The van der Waals surface area contributed by atoms with Crippen LogP contribution in [0.2, 0.25) is 0 Å². The van der Waals surface area contributed by atoms with E-state index in [9.17, 15) is 13.5 Å². The second-order valence-electron chi connectivity index (χ2n) is 8.87. The van der Waals surface area contributed by atoms with Gasteiger partial charge in [-0.15, -0.1) is 0 Å². The van der Waals surface area contributed by atoms with Gasteiger partial charge in [0.2, 0.25) is 10.0 Å². The molecule has 1 N–H and O–H groups in total. The molecule has 2 aliphatic heterocycles. The summed E-state index contributed by atoms with van der Waals surface area (Å²) in [4.78, 5) is 2.43. The van der Waals surface area contributed by atoms with E-state index in [1.807, 2.05) is 25.1 Å². The summed E-state index contributed by atoms with van der Waals surface area (Å²) in [6.45, 7) is 4.81. The summed E-state index contributed by atoms with van der Waals surface area (Å²) in [6, 6.07) is 5.71. The molecule has 150 valence electrons. The third-order valence-electron chi connectivity index (χ3n) is 6.81. The Morgan fingerprint density at radius 1 is 1.19 bits per heavy atom. The third-order valence-corrected chi connectivity index (χ3v) is 8.08. The smallest absolute Gasteiger partial charge is 0.232 e. The lowest BCUT2D eigenvalue weighted by Crippen LogP contribution is -2.43. The first kappa shape index (κ1) is 19.2. The number of sulfonamides is 1. The number of anilines is 1. The summed E-state index contributed by atoms with van der Waals surface area (Å²) < 4.78 is 25.7. The molecule has 0 radical (unpaired) electrons. The Labute approximate surface area is 163 Å². The zero-order valence-corrected chi connectivity index (χ0v) is 17.3. The van der Waals surface area contributed by atoms with Crippen molar-refractivity contribution in [3.63, 3.8) is 0 Å². The van der Waals surface area contributed by atoms with E-state index in [1.165, 1.54) is 42.7 Å². The Morgan fingerprint density at radius 2 is 1.93 bits per heavy atom. The first-order valence-corrected chi connectivity index (χ1v) is 12.2. The first-order valence-electron chi connectivity index (χ1n) is 10.4. The van der Waals surface area contributed by atoms with Crippen molar-refractivity contribution in [3.05, 3.63) is 29.3 Å². The molecule has 1 aromatic carbocycles. The molecule has 2 heterocycles. The Morgan fingerprint density at radius 3 is 2.67 bits per heavy atom. The van der Waals surface area contributed by atoms with Crippen LogP contribution in [0.25, 0.3) is 0 Å². The number of β-amino-alcohol motifs (C(OH)–C–C–N with tert-alkyl or cyclic N) is 1. The van der Waals surface area contributed by atoms with Crippen LogP contribution < -0.4 is 4.31 Å². The molecule has 0 bridgehead atoms. The molecule has 1 aromatic rings. The third kappa shape index (κ3) is 3.89. The maximum Gasteiger partial charge on any atom is 0.232 e. The number of aliphatic hydroxyl groups excluding tert-OH is 1. The molecule has 1 saturated carbocycles. The van der Waals surface area contributed by atoms with E-state index < -0.39 is 16.1 Å². The monoisotopic (exact) mass is 392 g/mol. The van der Waals surface area contributed by atoms with E-state index in [2.05, 4.69) is 4.90 Å². The average Bonchev–Trinajstić information content (AvgIpc) is 2.96. The fourth-order valence-corrected chi connectivity index (χ4v) is 6.79. The molecule has 1 saturated heterocycles. The van der Waals surface area contributed by atoms with Gasteiger partial charge in [0.25, 0.3) is 0 Å². The summed E-state index contributed by atoms with van der Waals surface area (Å²) in [5.74, 6) is 1.71. The van der Waals surface area contributed by atoms with Crippen molar-refractivity contribution >= 4 is 15.7 Å². The largest absolute Gasteiger partial charge is 0.387 e. The summed E-state index contributed by atoms with van der Waals surface area (Å²) in [5, 5.41) is 10.8. The molecule has 27 heavy (non-hydrogen) atoms. The quantitative estimate of drug-likeness (QED) is 0.856. The van der Waals surface area contributed by atoms with Crippen molar-refractivity contribution in [1.29, 1.82) is 0 Å². The predicted octanol–water partition coefficient (Wildman–Crippen LogP) is 2.94. The van der Waals surface area contributed by atoms with Crippen LogP contribution in [0.4, 0.5) is 5.69 Å². The van der Waals surface area contributed by atoms with Gasteiger partial charge in [-0.2, -0.15) is 0 Å². The zero-order valence-electron chi connectivity index (χ0n) is 16.5. The van der Waals surface area contributed by atoms with Gasteiger partial charge in [0, 0.05) is 19.1 Å². The molecule has 3 aliphatic rings.